The lowest BCUT2D eigenvalue weighted by molar-refractivity contribution is -0.384. The van der Waals surface area contributed by atoms with Crippen LogP contribution in [0.25, 0.3) is 10.9 Å². The first-order chi connectivity index (χ1) is 10.2. The molecule has 0 amide bonds. The third kappa shape index (κ3) is 2.90. The van der Waals surface area contributed by atoms with Gasteiger partial charge < -0.3 is 0 Å². The standard InChI is InChI=1S/C15H20N4O2/c1-2-12-4-3-7-17(10-12)11-18-15-6-5-14(19(20)21)8-13(15)9-16-18/h5-6,8-9,12H,2-4,7,10-11H2,1H3/t12-/m1/s1. The molecular weight excluding hydrogens is 268 g/mol. The number of likely N-dealkylation sites (tertiary alicyclic amines) is 1. The maximum absolute atomic E-state index is 10.8. The molecule has 3 rings (SSSR count). The quantitative estimate of drug-likeness (QED) is 0.641. The molecule has 0 aliphatic carbocycles. The minimum absolute atomic E-state index is 0.117. The van der Waals surface area contributed by atoms with Crippen molar-refractivity contribution < 1.29 is 4.92 Å². The molecule has 1 aromatic carbocycles. The van der Waals surface area contributed by atoms with Gasteiger partial charge in [0.1, 0.15) is 0 Å². The zero-order valence-corrected chi connectivity index (χ0v) is 12.2. The van der Waals surface area contributed by atoms with E-state index >= 15 is 0 Å². The van der Waals surface area contributed by atoms with Gasteiger partial charge in [0.15, 0.2) is 0 Å². The Kier molecular flexibility index (Phi) is 3.88. The second-order valence-corrected chi connectivity index (χ2v) is 5.78. The summed E-state index contributed by atoms with van der Waals surface area (Å²) in [4.78, 5) is 12.9. The van der Waals surface area contributed by atoms with E-state index in [9.17, 15) is 10.1 Å². The van der Waals surface area contributed by atoms with Gasteiger partial charge in [-0.3, -0.25) is 19.7 Å². The molecular formula is C15H20N4O2. The number of rotatable bonds is 4. The smallest absolute Gasteiger partial charge is 0.270 e. The Morgan fingerprint density at radius 1 is 1.48 bits per heavy atom. The second-order valence-electron chi connectivity index (χ2n) is 5.78. The molecule has 1 saturated heterocycles. The van der Waals surface area contributed by atoms with Crippen LogP contribution in [0.1, 0.15) is 26.2 Å². The van der Waals surface area contributed by atoms with Gasteiger partial charge in [-0.25, -0.2) is 0 Å². The Morgan fingerprint density at radius 3 is 3.10 bits per heavy atom. The van der Waals surface area contributed by atoms with Crippen molar-refractivity contribution in [1.82, 2.24) is 14.7 Å². The molecule has 112 valence electrons. The lowest BCUT2D eigenvalue weighted by Gasteiger charge is -2.32. The molecule has 0 bridgehead atoms. The zero-order valence-electron chi connectivity index (χ0n) is 12.2. The number of aromatic nitrogens is 2. The molecule has 1 aromatic heterocycles. The molecule has 0 saturated carbocycles. The third-order valence-electron chi connectivity index (χ3n) is 4.35. The minimum atomic E-state index is -0.368. The fourth-order valence-electron chi connectivity index (χ4n) is 3.10. The van der Waals surface area contributed by atoms with Crippen molar-refractivity contribution in [3.05, 3.63) is 34.5 Å². The highest BCUT2D eigenvalue weighted by Gasteiger charge is 2.19. The van der Waals surface area contributed by atoms with E-state index in [1.54, 1.807) is 24.4 Å². The predicted octanol–water partition coefficient (Wildman–Crippen LogP) is 3.02. The molecule has 0 N–H and O–H groups in total. The average Bonchev–Trinajstić information content (AvgIpc) is 2.90. The second kappa shape index (κ2) is 5.81. The number of nitro groups is 1. The van der Waals surface area contributed by atoms with Gasteiger partial charge in [-0.1, -0.05) is 13.3 Å². The highest BCUT2D eigenvalue weighted by molar-refractivity contribution is 5.81. The van der Waals surface area contributed by atoms with Crippen LogP contribution in [0, 0.1) is 16.0 Å². The summed E-state index contributed by atoms with van der Waals surface area (Å²) in [6.45, 7) is 5.23. The number of nitro benzene ring substituents is 1. The van der Waals surface area contributed by atoms with E-state index in [1.807, 2.05) is 4.68 Å². The Morgan fingerprint density at radius 2 is 2.33 bits per heavy atom. The molecule has 1 fully saturated rings. The maximum Gasteiger partial charge on any atom is 0.270 e. The zero-order chi connectivity index (χ0) is 14.8. The van der Waals surface area contributed by atoms with Crippen LogP contribution in [0.3, 0.4) is 0 Å². The summed E-state index contributed by atoms with van der Waals surface area (Å²) < 4.78 is 1.94. The monoisotopic (exact) mass is 288 g/mol. The summed E-state index contributed by atoms with van der Waals surface area (Å²) in [6, 6.07) is 4.93. The van der Waals surface area contributed by atoms with E-state index < -0.39 is 0 Å². The summed E-state index contributed by atoms with van der Waals surface area (Å²) in [7, 11) is 0. The SMILES string of the molecule is CC[C@@H]1CCCN(Cn2ncc3cc([N+](=O)[O-])ccc32)C1. The van der Waals surface area contributed by atoms with E-state index in [1.165, 1.54) is 19.3 Å². The van der Waals surface area contributed by atoms with Crippen LogP contribution in [0.4, 0.5) is 5.69 Å². The van der Waals surface area contributed by atoms with E-state index in [0.29, 0.717) is 0 Å². The number of fused-ring (bicyclic) bond motifs is 1. The maximum atomic E-state index is 10.8. The number of non-ortho nitro benzene ring substituents is 1. The molecule has 21 heavy (non-hydrogen) atoms. The highest BCUT2D eigenvalue weighted by Crippen LogP contribution is 2.23. The van der Waals surface area contributed by atoms with E-state index in [4.69, 9.17) is 0 Å². The summed E-state index contributed by atoms with van der Waals surface area (Å²) in [5, 5.41) is 16.0. The molecule has 1 aliphatic heterocycles. The number of piperidine rings is 1. The van der Waals surface area contributed by atoms with Crippen LogP contribution in [0.15, 0.2) is 24.4 Å². The summed E-state index contributed by atoms with van der Waals surface area (Å²) in [5.41, 5.74) is 1.07. The van der Waals surface area contributed by atoms with Crippen molar-refractivity contribution in [1.29, 1.82) is 0 Å². The fourth-order valence-corrected chi connectivity index (χ4v) is 3.10. The van der Waals surface area contributed by atoms with Crippen molar-refractivity contribution in [2.45, 2.75) is 32.9 Å². The van der Waals surface area contributed by atoms with Crippen LogP contribution < -0.4 is 0 Å². The van der Waals surface area contributed by atoms with Crippen LogP contribution in [0.2, 0.25) is 0 Å². The van der Waals surface area contributed by atoms with Crippen molar-refractivity contribution in [2.75, 3.05) is 13.1 Å². The summed E-state index contributed by atoms with van der Waals surface area (Å²) in [6.07, 6.45) is 5.49. The van der Waals surface area contributed by atoms with Crippen LogP contribution in [-0.4, -0.2) is 32.7 Å². The molecule has 2 heterocycles. The number of hydrogen-bond acceptors (Lipinski definition) is 4. The molecule has 0 radical (unpaired) electrons. The first-order valence-corrected chi connectivity index (χ1v) is 7.49. The fraction of sp³-hybridized carbons (Fsp3) is 0.533. The Bertz CT molecular complexity index is 652. The Hall–Kier alpha value is -1.95. The molecule has 2 aromatic rings. The van der Waals surface area contributed by atoms with Gasteiger partial charge in [-0.15, -0.1) is 0 Å². The van der Waals surface area contributed by atoms with E-state index in [2.05, 4.69) is 16.9 Å². The molecule has 6 nitrogen and oxygen atoms in total. The Balaban J connectivity index is 1.79. The van der Waals surface area contributed by atoms with Gasteiger partial charge in [0.05, 0.1) is 23.3 Å². The number of nitrogens with zero attached hydrogens (tertiary/aromatic N) is 4. The Labute approximate surface area is 123 Å². The predicted molar refractivity (Wildman–Crippen MR) is 81.0 cm³/mol. The first-order valence-electron chi connectivity index (χ1n) is 7.49. The van der Waals surface area contributed by atoms with E-state index in [0.717, 1.165) is 36.6 Å². The summed E-state index contributed by atoms with van der Waals surface area (Å²) >= 11 is 0. The topological polar surface area (TPSA) is 64.2 Å². The molecule has 0 unspecified atom stereocenters. The van der Waals surface area contributed by atoms with Crippen molar-refractivity contribution in [3.8, 4) is 0 Å². The van der Waals surface area contributed by atoms with Gasteiger partial charge in [0.2, 0.25) is 0 Å². The average molecular weight is 288 g/mol. The van der Waals surface area contributed by atoms with Crippen LogP contribution in [0.5, 0.6) is 0 Å². The highest BCUT2D eigenvalue weighted by atomic mass is 16.6. The third-order valence-corrected chi connectivity index (χ3v) is 4.35. The van der Waals surface area contributed by atoms with Crippen molar-refractivity contribution in [3.63, 3.8) is 0 Å². The molecule has 1 atom stereocenters. The van der Waals surface area contributed by atoms with E-state index in [-0.39, 0.29) is 10.6 Å². The minimum Gasteiger partial charge on any atom is -0.284 e. The normalized spacial score (nSPS) is 20.0. The number of hydrogen-bond donors (Lipinski definition) is 0. The van der Waals surface area contributed by atoms with Gasteiger partial charge in [0, 0.05) is 24.1 Å². The summed E-state index contributed by atoms with van der Waals surface area (Å²) in [5.74, 6) is 0.779. The van der Waals surface area contributed by atoms with Crippen LogP contribution in [-0.2, 0) is 6.67 Å². The molecule has 6 heteroatoms. The lowest BCUT2D eigenvalue weighted by Crippen LogP contribution is -2.36. The van der Waals surface area contributed by atoms with Crippen molar-refractivity contribution in [2.24, 2.45) is 5.92 Å². The molecule has 1 aliphatic rings. The lowest BCUT2D eigenvalue weighted by atomic mass is 9.96. The molecule has 0 spiro atoms. The number of benzene rings is 1. The van der Waals surface area contributed by atoms with Gasteiger partial charge in [-0.2, -0.15) is 5.10 Å². The van der Waals surface area contributed by atoms with Crippen LogP contribution >= 0.6 is 0 Å². The van der Waals surface area contributed by atoms with Gasteiger partial charge >= 0.3 is 0 Å². The van der Waals surface area contributed by atoms with Crippen molar-refractivity contribution >= 4 is 16.6 Å². The van der Waals surface area contributed by atoms with Gasteiger partial charge in [-0.05, 0) is 31.4 Å². The van der Waals surface area contributed by atoms with Gasteiger partial charge in [0.25, 0.3) is 5.69 Å². The largest absolute Gasteiger partial charge is 0.284 e. The first kappa shape index (κ1) is 14.0.